The summed E-state index contributed by atoms with van der Waals surface area (Å²) >= 11 is 0. The molecule has 1 heterocycles. The summed E-state index contributed by atoms with van der Waals surface area (Å²) in [6.07, 6.45) is 2.52. The molecule has 2 aromatic carbocycles. The van der Waals surface area contributed by atoms with Crippen molar-refractivity contribution in [2.24, 2.45) is 0 Å². The Bertz CT molecular complexity index is 1030. The number of carbonyl (C=O) groups excluding carboxylic acids is 1. The number of nitrogens with zero attached hydrogens (tertiary/aromatic N) is 2. The lowest BCUT2D eigenvalue weighted by molar-refractivity contribution is 0.0943. The Hall–Kier alpha value is -2.99. The Morgan fingerprint density at radius 3 is 2.69 bits per heavy atom. The van der Waals surface area contributed by atoms with Crippen molar-refractivity contribution in [1.82, 2.24) is 15.1 Å². The van der Waals surface area contributed by atoms with Gasteiger partial charge in [-0.1, -0.05) is 36.4 Å². The van der Waals surface area contributed by atoms with E-state index in [9.17, 15) is 9.18 Å². The van der Waals surface area contributed by atoms with Crippen molar-refractivity contribution in [3.05, 3.63) is 82.4 Å². The average molecular weight is 393 g/mol. The number of aromatic nitrogens is 2. The van der Waals surface area contributed by atoms with Gasteiger partial charge in [0.2, 0.25) is 0 Å². The number of amides is 1. The van der Waals surface area contributed by atoms with E-state index in [0.29, 0.717) is 31.1 Å². The molecule has 1 N–H and O–H groups in total. The van der Waals surface area contributed by atoms with E-state index in [0.717, 1.165) is 41.6 Å². The van der Waals surface area contributed by atoms with Gasteiger partial charge in [0.15, 0.2) is 5.69 Å². The van der Waals surface area contributed by atoms with Gasteiger partial charge in [-0.05, 0) is 49.4 Å². The summed E-state index contributed by atoms with van der Waals surface area (Å²) in [4.78, 5) is 12.9. The van der Waals surface area contributed by atoms with Crippen molar-refractivity contribution in [1.29, 1.82) is 0 Å². The first-order chi connectivity index (χ1) is 14.2. The van der Waals surface area contributed by atoms with E-state index in [-0.39, 0.29) is 11.7 Å². The highest BCUT2D eigenvalue weighted by Crippen LogP contribution is 2.28. The summed E-state index contributed by atoms with van der Waals surface area (Å²) < 4.78 is 21.4. The zero-order chi connectivity index (χ0) is 20.2. The van der Waals surface area contributed by atoms with Crippen LogP contribution in [-0.4, -0.2) is 22.3 Å². The van der Waals surface area contributed by atoms with Crippen molar-refractivity contribution >= 4 is 5.91 Å². The van der Waals surface area contributed by atoms with E-state index < -0.39 is 0 Å². The Morgan fingerprint density at radius 2 is 1.90 bits per heavy atom. The number of benzene rings is 2. The van der Waals surface area contributed by atoms with Gasteiger partial charge >= 0.3 is 0 Å². The summed E-state index contributed by atoms with van der Waals surface area (Å²) in [5, 5.41) is 7.46. The lowest BCUT2D eigenvalue weighted by Crippen LogP contribution is -2.25. The smallest absolute Gasteiger partial charge is 0.272 e. The van der Waals surface area contributed by atoms with Gasteiger partial charge in [-0.25, -0.2) is 9.07 Å². The van der Waals surface area contributed by atoms with E-state index in [1.54, 1.807) is 22.9 Å². The Balaban J connectivity index is 1.56. The molecule has 1 amide bonds. The van der Waals surface area contributed by atoms with Gasteiger partial charge < -0.3 is 10.1 Å². The molecule has 4 rings (SSSR count). The molecular formula is C23H24FN3O2. The quantitative estimate of drug-likeness (QED) is 0.661. The average Bonchev–Trinajstić information content (AvgIpc) is 3.34. The van der Waals surface area contributed by atoms with Crippen molar-refractivity contribution in [2.45, 2.75) is 39.3 Å². The van der Waals surface area contributed by atoms with Crippen molar-refractivity contribution < 1.29 is 13.9 Å². The second-order valence-electron chi connectivity index (χ2n) is 7.08. The van der Waals surface area contributed by atoms with Crippen molar-refractivity contribution in [3.8, 4) is 5.69 Å². The molecule has 1 aliphatic rings. The Labute approximate surface area is 169 Å². The molecule has 150 valence electrons. The fraction of sp³-hybridized carbons (Fsp3) is 0.304. The topological polar surface area (TPSA) is 56.1 Å². The van der Waals surface area contributed by atoms with Crippen LogP contribution in [-0.2, 0) is 30.7 Å². The lowest BCUT2D eigenvalue weighted by Gasteiger charge is -2.10. The minimum Gasteiger partial charge on any atom is -0.377 e. The largest absolute Gasteiger partial charge is 0.377 e. The van der Waals surface area contributed by atoms with Gasteiger partial charge in [0.05, 0.1) is 6.61 Å². The maximum absolute atomic E-state index is 14.3. The van der Waals surface area contributed by atoms with E-state index in [4.69, 9.17) is 4.74 Å². The summed E-state index contributed by atoms with van der Waals surface area (Å²) in [6.45, 7) is 3.50. The predicted molar refractivity (Wildman–Crippen MR) is 108 cm³/mol. The molecule has 0 radical (unpaired) electrons. The monoisotopic (exact) mass is 393 g/mol. The van der Waals surface area contributed by atoms with Crippen LogP contribution in [0.1, 0.15) is 46.2 Å². The number of halogens is 1. The van der Waals surface area contributed by atoms with E-state index in [1.807, 2.05) is 31.2 Å². The maximum atomic E-state index is 14.3. The third kappa shape index (κ3) is 3.93. The summed E-state index contributed by atoms with van der Waals surface area (Å²) in [7, 11) is 0. The highest BCUT2D eigenvalue weighted by Gasteiger charge is 2.27. The molecule has 1 aliphatic carbocycles. The standard InChI is InChI=1S/C23H24FN3O2/c1-2-29-15-17-9-4-3-8-16(17)14-25-23(28)22-18-10-7-13-20(18)27(26-22)21-12-6-5-11-19(21)24/h3-6,8-9,11-12H,2,7,10,13-15H2,1H3,(H,25,28). The number of ether oxygens (including phenoxy) is 1. The molecule has 0 unspecified atom stereocenters. The van der Waals surface area contributed by atoms with Crippen molar-refractivity contribution in [3.63, 3.8) is 0 Å². The second-order valence-corrected chi connectivity index (χ2v) is 7.08. The number of rotatable bonds is 7. The first-order valence-corrected chi connectivity index (χ1v) is 9.97. The molecular weight excluding hydrogens is 369 g/mol. The van der Waals surface area contributed by atoms with Gasteiger partial charge in [0.25, 0.3) is 5.91 Å². The van der Waals surface area contributed by atoms with Crippen LogP contribution in [0.3, 0.4) is 0 Å². The van der Waals surface area contributed by atoms with Gasteiger partial charge in [-0.15, -0.1) is 0 Å². The Morgan fingerprint density at radius 1 is 1.14 bits per heavy atom. The van der Waals surface area contributed by atoms with Gasteiger partial charge in [0, 0.05) is 24.4 Å². The van der Waals surface area contributed by atoms with Gasteiger partial charge in [0.1, 0.15) is 11.5 Å². The summed E-state index contributed by atoms with van der Waals surface area (Å²) in [5.41, 5.74) is 4.69. The normalized spacial score (nSPS) is 12.8. The van der Waals surface area contributed by atoms with Gasteiger partial charge in [-0.2, -0.15) is 5.10 Å². The molecule has 6 heteroatoms. The summed E-state index contributed by atoms with van der Waals surface area (Å²) in [6, 6.07) is 14.4. The van der Waals surface area contributed by atoms with Crippen LogP contribution in [0.15, 0.2) is 48.5 Å². The zero-order valence-electron chi connectivity index (χ0n) is 16.5. The van der Waals surface area contributed by atoms with Crippen LogP contribution < -0.4 is 5.32 Å². The van der Waals surface area contributed by atoms with Crippen LogP contribution in [0.2, 0.25) is 0 Å². The fourth-order valence-corrected chi connectivity index (χ4v) is 3.78. The van der Waals surface area contributed by atoms with Crippen LogP contribution in [0.4, 0.5) is 4.39 Å². The zero-order valence-corrected chi connectivity index (χ0v) is 16.5. The second kappa shape index (κ2) is 8.57. The number of nitrogens with one attached hydrogen (secondary N) is 1. The maximum Gasteiger partial charge on any atom is 0.272 e. The molecule has 0 spiro atoms. The third-order valence-electron chi connectivity index (χ3n) is 5.25. The van der Waals surface area contributed by atoms with E-state index in [2.05, 4.69) is 10.4 Å². The van der Waals surface area contributed by atoms with Crippen LogP contribution in [0, 0.1) is 5.82 Å². The molecule has 0 saturated carbocycles. The number of hydrogen-bond acceptors (Lipinski definition) is 3. The Kier molecular flexibility index (Phi) is 5.71. The van der Waals surface area contributed by atoms with E-state index >= 15 is 0 Å². The molecule has 1 aromatic heterocycles. The molecule has 0 bridgehead atoms. The fourth-order valence-electron chi connectivity index (χ4n) is 3.78. The van der Waals surface area contributed by atoms with Crippen LogP contribution in [0.5, 0.6) is 0 Å². The third-order valence-corrected chi connectivity index (χ3v) is 5.25. The lowest BCUT2D eigenvalue weighted by atomic mass is 10.1. The molecule has 0 saturated heterocycles. The first-order valence-electron chi connectivity index (χ1n) is 9.97. The number of carbonyl (C=O) groups is 1. The SMILES string of the molecule is CCOCc1ccccc1CNC(=O)c1nn(-c2ccccc2F)c2c1CCC2. The minimum atomic E-state index is -0.346. The number of para-hydroxylation sites is 1. The molecule has 0 fully saturated rings. The highest BCUT2D eigenvalue weighted by molar-refractivity contribution is 5.94. The van der Waals surface area contributed by atoms with Crippen LogP contribution in [0.25, 0.3) is 5.69 Å². The predicted octanol–water partition coefficient (Wildman–Crippen LogP) is 3.97. The van der Waals surface area contributed by atoms with Crippen LogP contribution >= 0.6 is 0 Å². The molecule has 3 aromatic rings. The minimum absolute atomic E-state index is 0.232. The van der Waals surface area contributed by atoms with Crippen molar-refractivity contribution in [2.75, 3.05) is 6.61 Å². The van der Waals surface area contributed by atoms with E-state index in [1.165, 1.54) is 6.07 Å². The molecule has 5 nitrogen and oxygen atoms in total. The molecule has 29 heavy (non-hydrogen) atoms. The highest BCUT2D eigenvalue weighted by atomic mass is 19.1. The molecule has 0 atom stereocenters. The number of hydrogen-bond donors (Lipinski definition) is 1. The molecule has 0 aliphatic heterocycles. The first kappa shape index (κ1) is 19.3. The number of fused-ring (bicyclic) bond motifs is 1. The van der Waals surface area contributed by atoms with Gasteiger partial charge in [-0.3, -0.25) is 4.79 Å². The summed E-state index contributed by atoms with van der Waals surface area (Å²) in [5.74, 6) is -0.578.